The number of esters is 1. The van der Waals surface area contributed by atoms with Crippen molar-refractivity contribution in [1.82, 2.24) is 14.8 Å². The maximum absolute atomic E-state index is 11.4. The molecule has 2 aromatic heterocycles. The van der Waals surface area contributed by atoms with Crippen LogP contribution in [0.4, 0.5) is 0 Å². The number of hydrogen-bond acceptors (Lipinski definition) is 4. The highest BCUT2D eigenvalue weighted by atomic mass is 16.5. The summed E-state index contributed by atoms with van der Waals surface area (Å²) in [5.41, 5.74) is 2.93. The molecule has 1 aliphatic carbocycles. The Morgan fingerprint density at radius 2 is 2.20 bits per heavy atom. The van der Waals surface area contributed by atoms with Crippen molar-refractivity contribution in [2.45, 2.75) is 25.8 Å². The Bertz CT molecular complexity index is 630. The molecule has 0 aliphatic heterocycles. The zero-order valence-corrected chi connectivity index (χ0v) is 11.6. The molecule has 0 bridgehead atoms. The number of methoxy groups -OCH3 is 1. The number of aromatic nitrogens is 3. The lowest BCUT2D eigenvalue weighted by Gasteiger charge is -2.33. The Hall–Kier alpha value is -2.17. The van der Waals surface area contributed by atoms with Crippen molar-refractivity contribution >= 4 is 5.97 Å². The third-order valence-electron chi connectivity index (χ3n) is 3.81. The summed E-state index contributed by atoms with van der Waals surface area (Å²) in [6.07, 6.45) is 5.43. The van der Waals surface area contributed by atoms with E-state index < -0.39 is 0 Å². The Morgan fingerprint density at radius 1 is 1.40 bits per heavy atom. The van der Waals surface area contributed by atoms with Crippen LogP contribution in [0.2, 0.25) is 0 Å². The summed E-state index contributed by atoms with van der Waals surface area (Å²) in [6.45, 7) is 1.97. The van der Waals surface area contributed by atoms with Gasteiger partial charge in [0.1, 0.15) is 0 Å². The van der Waals surface area contributed by atoms with E-state index >= 15 is 0 Å². The van der Waals surface area contributed by atoms with Gasteiger partial charge < -0.3 is 4.74 Å². The first-order chi connectivity index (χ1) is 9.67. The minimum absolute atomic E-state index is 0.0229. The van der Waals surface area contributed by atoms with Crippen LogP contribution in [0.1, 0.15) is 24.6 Å². The summed E-state index contributed by atoms with van der Waals surface area (Å²) in [6, 6.07) is 6.23. The lowest BCUT2D eigenvalue weighted by molar-refractivity contribution is -0.149. The molecule has 0 N–H and O–H groups in total. The Morgan fingerprint density at radius 3 is 2.90 bits per heavy atom. The molecule has 20 heavy (non-hydrogen) atoms. The molecule has 2 heterocycles. The van der Waals surface area contributed by atoms with Crippen LogP contribution in [-0.2, 0) is 9.53 Å². The molecule has 0 spiro atoms. The third kappa shape index (κ3) is 2.31. The van der Waals surface area contributed by atoms with Crippen LogP contribution in [0.15, 0.2) is 30.6 Å². The molecule has 0 aromatic carbocycles. The Labute approximate surface area is 117 Å². The molecule has 5 nitrogen and oxygen atoms in total. The van der Waals surface area contributed by atoms with Gasteiger partial charge in [-0.1, -0.05) is 6.07 Å². The fourth-order valence-electron chi connectivity index (χ4n) is 2.54. The predicted molar refractivity (Wildman–Crippen MR) is 74.0 cm³/mol. The molecule has 5 heteroatoms. The van der Waals surface area contributed by atoms with Gasteiger partial charge in [-0.25, -0.2) is 0 Å². The van der Waals surface area contributed by atoms with Gasteiger partial charge in [-0.3, -0.25) is 14.5 Å². The lowest BCUT2D eigenvalue weighted by atomic mass is 9.80. The quantitative estimate of drug-likeness (QED) is 0.804. The fourth-order valence-corrected chi connectivity index (χ4v) is 2.54. The van der Waals surface area contributed by atoms with Gasteiger partial charge in [0, 0.05) is 17.5 Å². The fraction of sp³-hybridized carbons (Fsp3) is 0.400. The zero-order valence-electron chi connectivity index (χ0n) is 11.6. The second-order valence-electron chi connectivity index (χ2n) is 5.22. The number of carbonyl (C=O) groups is 1. The van der Waals surface area contributed by atoms with Gasteiger partial charge >= 0.3 is 5.97 Å². The van der Waals surface area contributed by atoms with Crippen molar-refractivity contribution in [3.8, 4) is 11.3 Å². The highest BCUT2D eigenvalue weighted by Gasteiger charge is 2.36. The monoisotopic (exact) mass is 271 g/mol. The van der Waals surface area contributed by atoms with Crippen LogP contribution in [0.3, 0.4) is 0 Å². The third-order valence-corrected chi connectivity index (χ3v) is 3.81. The van der Waals surface area contributed by atoms with E-state index in [2.05, 4.69) is 10.1 Å². The standard InChI is InChI=1S/C15H17N3O2/c1-10-4-3-5-14(17-10)12-8-16-18(9-12)13-6-11(7-13)15(19)20-2/h3-5,8-9,11,13H,6-7H2,1-2H3. The summed E-state index contributed by atoms with van der Waals surface area (Å²) < 4.78 is 6.68. The van der Waals surface area contributed by atoms with Crippen molar-refractivity contribution < 1.29 is 9.53 Å². The van der Waals surface area contributed by atoms with Crippen molar-refractivity contribution in [3.05, 3.63) is 36.3 Å². The van der Waals surface area contributed by atoms with Gasteiger partial charge in [-0.2, -0.15) is 5.10 Å². The molecule has 1 saturated carbocycles. The van der Waals surface area contributed by atoms with E-state index in [0.29, 0.717) is 0 Å². The Kier molecular flexibility index (Phi) is 3.26. The van der Waals surface area contributed by atoms with E-state index in [1.165, 1.54) is 7.11 Å². The van der Waals surface area contributed by atoms with Gasteiger partial charge in [0.15, 0.2) is 0 Å². The van der Waals surface area contributed by atoms with Crippen LogP contribution < -0.4 is 0 Å². The van der Waals surface area contributed by atoms with Crippen LogP contribution in [0, 0.1) is 12.8 Å². The number of rotatable bonds is 3. The number of pyridine rings is 1. The molecule has 0 atom stereocenters. The van der Waals surface area contributed by atoms with Crippen molar-refractivity contribution in [1.29, 1.82) is 0 Å². The van der Waals surface area contributed by atoms with Crippen LogP contribution >= 0.6 is 0 Å². The molecule has 1 fully saturated rings. The zero-order chi connectivity index (χ0) is 14.1. The highest BCUT2D eigenvalue weighted by Crippen LogP contribution is 2.38. The summed E-state index contributed by atoms with van der Waals surface area (Å²) in [5, 5.41) is 4.39. The molecule has 3 rings (SSSR count). The molecule has 2 aromatic rings. The van der Waals surface area contributed by atoms with E-state index in [-0.39, 0.29) is 17.9 Å². The second-order valence-corrected chi connectivity index (χ2v) is 5.22. The molecule has 0 unspecified atom stereocenters. The first-order valence-corrected chi connectivity index (χ1v) is 6.73. The minimum atomic E-state index is -0.117. The van der Waals surface area contributed by atoms with Crippen LogP contribution in [0.5, 0.6) is 0 Å². The molecule has 1 aliphatic rings. The summed E-state index contributed by atoms with van der Waals surface area (Å²) in [4.78, 5) is 15.9. The normalized spacial score (nSPS) is 21.3. The van der Waals surface area contributed by atoms with Gasteiger partial charge in [0.05, 0.1) is 31.0 Å². The summed E-state index contributed by atoms with van der Waals surface area (Å²) >= 11 is 0. The lowest BCUT2D eigenvalue weighted by Crippen LogP contribution is -2.33. The van der Waals surface area contributed by atoms with Gasteiger partial charge in [0.2, 0.25) is 0 Å². The average Bonchev–Trinajstić information content (AvgIpc) is 2.86. The first-order valence-electron chi connectivity index (χ1n) is 6.73. The average molecular weight is 271 g/mol. The topological polar surface area (TPSA) is 57.0 Å². The molecule has 104 valence electrons. The number of carbonyl (C=O) groups excluding carboxylic acids is 1. The van der Waals surface area contributed by atoms with Crippen LogP contribution in [0.25, 0.3) is 11.3 Å². The van der Waals surface area contributed by atoms with E-state index in [4.69, 9.17) is 4.74 Å². The molecule has 0 amide bonds. The maximum atomic E-state index is 11.4. The number of aryl methyl sites for hydroxylation is 1. The van der Waals surface area contributed by atoms with E-state index in [1.807, 2.05) is 42.2 Å². The summed E-state index contributed by atoms with van der Waals surface area (Å²) in [5.74, 6) is -0.0938. The highest BCUT2D eigenvalue weighted by molar-refractivity contribution is 5.73. The Balaban J connectivity index is 1.71. The molecular weight excluding hydrogens is 254 g/mol. The molecule has 0 saturated heterocycles. The van der Waals surface area contributed by atoms with Gasteiger partial charge in [-0.05, 0) is 31.9 Å². The maximum Gasteiger partial charge on any atom is 0.308 e. The number of ether oxygens (including phenoxy) is 1. The smallest absolute Gasteiger partial charge is 0.308 e. The number of nitrogens with zero attached hydrogens (tertiary/aromatic N) is 3. The summed E-state index contributed by atoms with van der Waals surface area (Å²) in [7, 11) is 1.44. The number of hydrogen-bond donors (Lipinski definition) is 0. The van der Waals surface area contributed by atoms with E-state index in [0.717, 1.165) is 29.8 Å². The van der Waals surface area contributed by atoms with Gasteiger partial charge in [0.25, 0.3) is 0 Å². The van der Waals surface area contributed by atoms with Crippen LogP contribution in [-0.4, -0.2) is 27.8 Å². The minimum Gasteiger partial charge on any atom is -0.469 e. The van der Waals surface area contributed by atoms with Crippen molar-refractivity contribution in [2.75, 3.05) is 7.11 Å². The van der Waals surface area contributed by atoms with Gasteiger partial charge in [-0.15, -0.1) is 0 Å². The first kappa shape index (κ1) is 12.8. The molecule has 0 radical (unpaired) electrons. The largest absolute Gasteiger partial charge is 0.469 e. The predicted octanol–water partition coefficient (Wildman–Crippen LogP) is 2.38. The SMILES string of the molecule is COC(=O)C1CC(n2cc(-c3cccc(C)n3)cn2)C1. The molecular formula is C15H17N3O2. The van der Waals surface area contributed by atoms with E-state index in [1.54, 1.807) is 0 Å². The second kappa shape index (κ2) is 5.07. The van der Waals surface area contributed by atoms with E-state index in [9.17, 15) is 4.79 Å². The van der Waals surface area contributed by atoms with Crippen molar-refractivity contribution in [3.63, 3.8) is 0 Å². The van der Waals surface area contributed by atoms with Crippen molar-refractivity contribution in [2.24, 2.45) is 5.92 Å².